The number of aliphatic carboxylic acids is 1. The molecule has 1 rings (SSSR count). The lowest BCUT2D eigenvalue weighted by molar-refractivity contribution is -0.141. The zero-order chi connectivity index (χ0) is 10.7. The van der Waals surface area contributed by atoms with Gasteiger partial charge >= 0.3 is 12.1 Å². The van der Waals surface area contributed by atoms with Gasteiger partial charge in [0, 0.05) is 6.42 Å². The van der Waals surface area contributed by atoms with Crippen molar-refractivity contribution in [1.82, 2.24) is 9.81 Å². The van der Waals surface area contributed by atoms with Gasteiger partial charge < -0.3 is 10.2 Å². The third-order valence-corrected chi connectivity index (χ3v) is 2.03. The van der Waals surface area contributed by atoms with Crippen LogP contribution in [0.2, 0.25) is 0 Å². The quantitative estimate of drug-likeness (QED) is 0.420. The second-order valence-corrected chi connectivity index (χ2v) is 2.89. The van der Waals surface area contributed by atoms with Crippen LogP contribution in [0.4, 0.5) is 4.79 Å². The van der Waals surface area contributed by atoms with Crippen molar-refractivity contribution in [1.29, 1.82) is 5.53 Å². The summed E-state index contributed by atoms with van der Waals surface area (Å²) >= 11 is 0. The highest BCUT2D eigenvalue weighted by atomic mass is 16.4. The molecule has 0 unspecified atom stereocenters. The molecule has 0 aliphatic carbocycles. The lowest BCUT2D eigenvalue weighted by Crippen LogP contribution is -2.39. The molecule has 3 N–H and O–H groups in total. The van der Waals surface area contributed by atoms with Gasteiger partial charge in [0.05, 0.1) is 6.54 Å². The van der Waals surface area contributed by atoms with Crippen molar-refractivity contribution >= 4 is 12.1 Å². The van der Waals surface area contributed by atoms with E-state index in [1.54, 1.807) is 0 Å². The van der Waals surface area contributed by atoms with E-state index in [9.17, 15) is 9.59 Å². The van der Waals surface area contributed by atoms with E-state index in [0.717, 1.165) is 4.90 Å². The number of likely N-dealkylation sites (tertiary alicyclic amines) is 1. The molecule has 0 spiro atoms. The Morgan fingerprint density at radius 1 is 1.50 bits per heavy atom. The molecule has 1 fully saturated rings. The van der Waals surface area contributed by atoms with E-state index in [-0.39, 0.29) is 13.0 Å². The summed E-state index contributed by atoms with van der Waals surface area (Å²) in [6, 6.07) is -1.60. The Hall–Kier alpha value is -1.95. The Balaban J connectivity index is 2.79. The Morgan fingerprint density at radius 2 is 2.14 bits per heavy atom. The second kappa shape index (κ2) is 3.84. The number of carboxylic acids is 1. The molecule has 1 saturated heterocycles. The van der Waals surface area contributed by atoms with Gasteiger partial charge in [-0.05, 0) is 0 Å². The molecular weight excluding hydrogens is 192 g/mol. The summed E-state index contributed by atoms with van der Waals surface area (Å²) in [6.07, 6.45) is -1.22. The molecule has 0 aromatic heterocycles. The number of carboxylic acid groups (broad SMARTS) is 2. The van der Waals surface area contributed by atoms with E-state index >= 15 is 0 Å². The monoisotopic (exact) mass is 201 g/mol. The highest BCUT2D eigenvalue weighted by Crippen LogP contribution is 2.20. The first kappa shape index (κ1) is 10.1. The second-order valence-electron chi connectivity index (χ2n) is 2.89. The Morgan fingerprint density at radius 3 is 2.50 bits per heavy atom. The molecule has 2 atom stereocenters. The summed E-state index contributed by atoms with van der Waals surface area (Å²) in [5.74, 6) is -1.20. The molecular formula is C6H9N4O4+. The van der Waals surface area contributed by atoms with Crippen molar-refractivity contribution in [3.63, 3.8) is 0 Å². The molecule has 76 valence electrons. The van der Waals surface area contributed by atoms with Crippen LogP contribution in [-0.2, 0) is 4.79 Å². The fraction of sp³-hybridized carbons (Fsp3) is 0.667. The fourth-order valence-electron chi connectivity index (χ4n) is 1.42. The third-order valence-electron chi connectivity index (χ3n) is 2.03. The van der Waals surface area contributed by atoms with Crippen molar-refractivity contribution in [2.45, 2.75) is 18.5 Å². The fourth-order valence-corrected chi connectivity index (χ4v) is 1.42. The normalized spacial score (nSPS) is 25.6. The average molecular weight is 201 g/mol. The summed E-state index contributed by atoms with van der Waals surface area (Å²) < 4.78 is 0. The van der Waals surface area contributed by atoms with Crippen LogP contribution in [0.5, 0.6) is 0 Å². The summed E-state index contributed by atoms with van der Waals surface area (Å²) in [5, 5.41) is 20.8. The van der Waals surface area contributed by atoms with Gasteiger partial charge in [0.1, 0.15) is 16.7 Å². The molecule has 0 aromatic rings. The highest BCUT2D eigenvalue weighted by molar-refractivity contribution is 5.80. The maximum Gasteiger partial charge on any atom is 0.408 e. The Kier molecular flexibility index (Phi) is 2.78. The molecule has 1 aliphatic heterocycles. The van der Waals surface area contributed by atoms with Crippen LogP contribution in [0, 0.1) is 5.53 Å². The number of nitrogens with one attached hydrogen (secondary N) is 1. The van der Waals surface area contributed by atoms with Crippen LogP contribution in [0.3, 0.4) is 0 Å². The number of hydrogen-bond acceptors (Lipinski definition) is 4. The first-order valence-corrected chi connectivity index (χ1v) is 3.85. The number of carbonyl (C=O) groups is 2. The smallest absolute Gasteiger partial charge is 0.408 e. The topological polar surface area (TPSA) is 128 Å². The lowest BCUT2D eigenvalue weighted by atomic mass is 10.2. The Bertz CT molecular complexity index is 289. The first-order valence-electron chi connectivity index (χ1n) is 3.85. The average Bonchev–Trinajstić information content (AvgIpc) is 2.49. The molecule has 0 aromatic carbocycles. The number of nitrogens with zero attached hydrogens (tertiary/aromatic N) is 3. The van der Waals surface area contributed by atoms with Crippen molar-refractivity contribution in [2.75, 3.05) is 6.54 Å². The van der Waals surface area contributed by atoms with Crippen LogP contribution in [-0.4, -0.2) is 45.8 Å². The van der Waals surface area contributed by atoms with Gasteiger partial charge in [0.25, 0.3) is 0 Å². The van der Waals surface area contributed by atoms with Crippen LogP contribution in [0.1, 0.15) is 6.42 Å². The van der Waals surface area contributed by atoms with Gasteiger partial charge in [0.15, 0.2) is 6.04 Å². The van der Waals surface area contributed by atoms with Gasteiger partial charge in [-0.15, -0.1) is 0 Å². The lowest BCUT2D eigenvalue weighted by Gasteiger charge is -2.16. The molecule has 8 nitrogen and oxygen atoms in total. The van der Waals surface area contributed by atoms with Crippen molar-refractivity contribution in [3.8, 4) is 0 Å². The number of rotatable bonds is 2. The predicted molar refractivity (Wildman–Crippen MR) is 41.8 cm³/mol. The zero-order valence-corrected chi connectivity index (χ0v) is 7.12. The maximum absolute atomic E-state index is 10.6. The maximum atomic E-state index is 10.6. The third kappa shape index (κ3) is 1.86. The molecule has 1 heterocycles. The van der Waals surface area contributed by atoms with Gasteiger partial charge in [-0.2, -0.15) is 0 Å². The summed E-state index contributed by atoms with van der Waals surface area (Å²) in [6.45, 7) is -0.0192. The summed E-state index contributed by atoms with van der Waals surface area (Å²) in [5.41, 5.74) is 6.46. The van der Waals surface area contributed by atoms with Gasteiger partial charge in [-0.25, -0.2) is 9.59 Å². The number of hydrogen-bond donors (Lipinski definition) is 3. The Labute approximate surface area is 78.4 Å². The van der Waals surface area contributed by atoms with Gasteiger partial charge in [-0.1, -0.05) is 0 Å². The minimum absolute atomic E-state index is 0.0192. The number of amides is 1. The van der Waals surface area contributed by atoms with E-state index in [1.165, 1.54) is 0 Å². The van der Waals surface area contributed by atoms with Crippen LogP contribution >= 0.6 is 0 Å². The molecule has 0 bridgehead atoms. The molecule has 0 saturated carbocycles. The summed E-state index contributed by atoms with van der Waals surface area (Å²) in [4.78, 5) is 24.8. The SMILES string of the molecule is N=[N+]=N[C@H]1C[C@H](C(=O)O)N(C(=O)O)C1. The zero-order valence-electron chi connectivity index (χ0n) is 7.12. The minimum Gasteiger partial charge on any atom is -0.480 e. The molecule has 1 amide bonds. The molecule has 0 radical (unpaired) electrons. The van der Waals surface area contributed by atoms with Crippen molar-refractivity contribution in [2.24, 2.45) is 5.11 Å². The standard InChI is InChI=1S/C6H8N4O4/c7-9-8-3-1-4(5(11)12)10(2-3)6(13)14/h3-4,7H,1-2H2,(H-,11,12,13,14)/p+1/t3-,4+/m0/s1. The molecule has 14 heavy (non-hydrogen) atoms. The predicted octanol–water partition coefficient (Wildman–Crippen LogP) is -0.258. The van der Waals surface area contributed by atoms with E-state index < -0.39 is 24.1 Å². The van der Waals surface area contributed by atoms with E-state index in [4.69, 9.17) is 15.7 Å². The van der Waals surface area contributed by atoms with Crippen LogP contribution in [0.15, 0.2) is 5.11 Å². The van der Waals surface area contributed by atoms with E-state index in [0.29, 0.717) is 0 Å². The molecule has 1 aliphatic rings. The van der Waals surface area contributed by atoms with Crippen LogP contribution < -0.4 is 4.91 Å². The minimum atomic E-state index is -1.29. The van der Waals surface area contributed by atoms with Gasteiger partial charge in [0.2, 0.25) is 4.91 Å². The van der Waals surface area contributed by atoms with Gasteiger partial charge in [-0.3, -0.25) is 4.90 Å². The summed E-state index contributed by atoms with van der Waals surface area (Å²) in [7, 11) is 0. The van der Waals surface area contributed by atoms with Crippen molar-refractivity contribution < 1.29 is 19.8 Å². The van der Waals surface area contributed by atoms with Crippen molar-refractivity contribution in [3.05, 3.63) is 0 Å². The largest absolute Gasteiger partial charge is 0.480 e. The first-order chi connectivity index (χ1) is 6.56. The molecule has 8 heteroatoms. The van der Waals surface area contributed by atoms with E-state index in [2.05, 4.69) is 10.0 Å². The van der Waals surface area contributed by atoms with Crippen LogP contribution in [0.25, 0.3) is 0 Å². The highest BCUT2D eigenvalue weighted by Gasteiger charge is 2.41. The van der Waals surface area contributed by atoms with E-state index in [1.807, 2.05) is 0 Å².